The molecule has 92 valence electrons. The summed E-state index contributed by atoms with van der Waals surface area (Å²) in [6.07, 6.45) is 2.61. The van der Waals surface area contributed by atoms with Gasteiger partial charge in [0.15, 0.2) is 0 Å². The van der Waals surface area contributed by atoms with Crippen molar-refractivity contribution in [3.63, 3.8) is 0 Å². The summed E-state index contributed by atoms with van der Waals surface area (Å²) < 4.78 is 0. The van der Waals surface area contributed by atoms with Gasteiger partial charge in [-0.1, -0.05) is 54.6 Å². The Hall–Kier alpha value is -1.60. The van der Waals surface area contributed by atoms with Crippen LogP contribution in [0, 0.1) is 0 Å². The quantitative estimate of drug-likeness (QED) is 0.837. The minimum Gasteiger partial charge on any atom is -0.316 e. The average Bonchev–Trinajstić information content (AvgIpc) is 2.49. The van der Waals surface area contributed by atoms with Gasteiger partial charge in [0.05, 0.1) is 0 Å². The maximum Gasteiger partial charge on any atom is 0.00201 e. The first-order valence-corrected chi connectivity index (χ1v) is 6.79. The van der Waals surface area contributed by atoms with Crippen molar-refractivity contribution in [2.45, 2.75) is 18.8 Å². The van der Waals surface area contributed by atoms with E-state index in [0.29, 0.717) is 5.92 Å². The molecule has 0 spiro atoms. The molecule has 1 nitrogen and oxygen atoms in total. The zero-order chi connectivity index (χ0) is 12.2. The van der Waals surface area contributed by atoms with E-state index in [-0.39, 0.29) is 0 Å². The van der Waals surface area contributed by atoms with Crippen LogP contribution in [0.3, 0.4) is 0 Å². The number of hydrogen-bond donors (Lipinski definition) is 1. The summed E-state index contributed by atoms with van der Waals surface area (Å²) >= 11 is 0. The van der Waals surface area contributed by atoms with E-state index in [1.807, 2.05) is 0 Å². The Kier molecular flexibility index (Phi) is 3.42. The van der Waals surface area contributed by atoms with Crippen molar-refractivity contribution in [3.05, 3.63) is 60.2 Å². The van der Waals surface area contributed by atoms with Crippen LogP contribution >= 0.6 is 0 Å². The second kappa shape index (κ2) is 5.36. The molecule has 1 heteroatoms. The molecule has 18 heavy (non-hydrogen) atoms. The molecule has 1 heterocycles. The highest BCUT2D eigenvalue weighted by molar-refractivity contribution is 5.63. The molecular weight excluding hydrogens is 218 g/mol. The molecule has 1 aliphatic heterocycles. The molecule has 1 atom stereocenters. The minimum absolute atomic E-state index is 0.698. The Morgan fingerprint density at radius 3 is 2.22 bits per heavy atom. The maximum absolute atomic E-state index is 3.48. The standard InChI is InChI=1S/C17H19N/c1-2-5-14(6-3-1)15-8-10-16(11-9-15)17-7-4-12-18-13-17/h1-3,5-6,8-11,17-18H,4,7,12-13H2/t17-/m1/s1. The lowest BCUT2D eigenvalue weighted by molar-refractivity contribution is 0.461. The van der Waals surface area contributed by atoms with E-state index in [4.69, 9.17) is 0 Å². The highest BCUT2D eigenvalue weighted by atomic mass is 14.9. The fourth-order valence-electron chi connectivity index (χ4n) is 2.71. The molecule has 0 aromatic heterocycles. The Morgan fingerprint density at radius 2 is 1.56 bits per heavy atom. The molecule has 1 saturated heterocycles. The normalized spacial score (nSPS) is 19.7. The summed E-state index contributed by atoms with van der Waals surface area (Å²) in [5.74, 6) is 0.698. The van der Waals surface area contributed by atoms with Gasteiger partial charge in [-0.2, -0.15) is 0 Å². The highest BCUT2D eigenvalue weighted by Crippen LogP contribution is 2.26. The number of rotatable bonds is 2. The number of nitrogens with one attached hydrogen (secondary N) is 1. The van der Waals surface area contributed by atoms with E-state index in [0.717, 1.165) is 6.54 Å². The zero-order valence-electron chi connectivity index (χ0n) is 10.6. The lowest BCUT2D eigenvalue weighted by Gasteiger charge is -2.23. The molecule has 1 aliphatic rings. The van der Waals surface area contributed by atoms with Crippen LogP contribution in [0.2, 0.25) is 0 Å². The van der Waals surface area contributed by atoms with Crippen LogP contribution in [-0.2, 0) is 0 Å². The van der Waals surface area contributed by atoms with E-state index in [1.54, 1.807) is 0 Å². The summed E-state index contributed by atoms with van der Waals surface area (Å²) in [4.78, 5) is 0. The summed E-state index contributed by atoms with van der Waals surface area (Å²) in [6.45, 7) is 2.31. The lowest BCUT2D eigenvalue weighted by atomic mass is 9.90. The van der Waals surface area contributed by atoms with Gasteiger partial charge in [-0.25, -0.2) is 0 Å². The van der Waals surface area contributed by atoms with Crippen molar-refractivity contribution in [1.29, 1.82) is 0 Å². The van der Waals surface area contributed by atoms with Crippen LogP contribution in [0.5, 0.6) is 0 Å². The lowest BCUT2D eigenvalue weighted by Crippen LogP contribution is -2.28. The second-order valence-electron chi connectivity index (χ2n) is 5.03. The zero-order valence-corrected chi connectivity index (χ0v) is 10.6. The molecule has 2 aromatic rings. The van der Waals surface area contributed by atoms with Gasteiger partial charge in [-0.3, -0.25) is 0 Å². The third kappa shape index (κ3) is 2.46. The van der Waals surface area contributed by atoms with Gasteiger partial charge in [0, 0.05) is 6.54 Å². The van der Waals surface area contributed by atoms with Gasteiger partial charge in [0.25, 0.3) is 0 Å². The molecule has 1 N–H and O–H groups in total. The van der Waals surface area contributed by atoms with Gasteiger partial charge < -0.3 is 5.32 Å². The SMILES string of the molecule is c1ccc(-c2ccc([C@@H]3CCCNC3)cc2)cc1. The van der Waals surface area contributed by atoms with Gasteiger partial charge in [-0.05, 0) is 42.0 Å². The molecule has 0 amide bonds. The van der Waals surface area contributed by atoms with Crippen molar-refractivity contribution in [2.24, 2.45) is 0 Å². The largest absolute Gasteiger partial charge is 0.316 e. The number of benzene rings is 2. The third-order valence-electron chi connectivity index (χ3n) is 3.79. The van der Waals surface area contributed by atoms with Crippen molar-refractivity contribution in [2.75, 3.05) is 13.1 Å². The molecule has 3 rings (SSSR count). The van der Waals surface area contributed by atoms with Crippen molar-refractivity contribution < 1.29 is 0 Å². The predicted molar refractivity (Wildman–Crippen MR) is 76.7 cm³/mol. The first-order chi connectivity index (χ1) is 8.93. The fourth-order valence-corrected chi connectivity index (χ4v) is 2.71. The Bertz CT molecular complexity index is 481. The number of piperidine rings is 1. The van der Waals surface area contributed by atoms with Gasteiger partial charge in [-0.15, -0.1) is 0 Å². The van der Waals surface area contributed by atoms with E-state index in [9.17, 15) is 0 Å². The summed E-state index contributed by atoms with van der Waals surface area (Å²) in [5.41, 5.74) is 4.08. The van der Waals surface area contributed by atoms with Gasteiger partial charge >= 0.3 is 0 Å². The summed E-state index contributed by atoms with van der Waals surface area (Å²) in [6, 6.07) is 19.7. The molecule has 0 aliphatic carbocycles. The van der Waals surface area contributed by atoms with E-state index in [2.05, 4.69) is 59.9 Å². The van der Waals surface area contributed by atoms with Crippen LogP contribution in [-0.4, -0.2) is 13.1 Å². The van der Waals surface area contributed by atoms with Crippen LogP contribution in [0.4, 0.5) is 0 Å². The van der Waals surface area contributed by atoms with Crippen LogP contribution in [0.15, 0.2) is 54.6 Å². The first-order valence-electron chi connectivity index (χ1n) is 6.79. The monoisotopic (exact) mass is 237 g/mol. The smallest absolute Gasteiger partial charge is 0.00201 e. The minimum atomic E-state index is 0.698. The third-order valence-corrected chi connectivity index (χ3v) is 3.79. The van der Waals surface area contributed by atoms with Crippen LogP contribution in [0.1, 0.15) is 24.3 Å². The Balaban J connectivity index is 1.80. The van der Waals surface area contributed by atoms with E-state index in [1.165, 1.54) is 36.1 Å². The average molecular weight is 237 g/mol. The first kappa shape index (κ1) is 11.5. The number of hydrogen-bond acceptors (Lipinski definition) is 1. The van der Waals surface area contributed by atoms with Crippen molar-refractivity contribution in [3.8, 4) is 11.1 Å². The second-order valence-corrected chi connectivity index (χ2v) is 5.03. The van der Waals surface area contributed by atoms with E-state index >= 15 is 0 Å². The van der Waals surface area contributed by atoms with Gasteiger partial charge in [0.1, 0.15) is 0 Å². The molecule has 0 radical (unpaired) electrons. The van der Waals surface area contributed by atoms with Gasteiger partial charge in [0.2, 0.25) is 0 Å². The fraction of sp³-hybridized carbons (Fsp3) is 0.294. The molecule has 0 unspecified atom stereocenters. The van der Waals surface area contributed by atoms with Crippen molar-refractivity contribution >= 4 is 0 Å². The highest BCUT2D eigenvalue weighted by Gasteiger charge is 2.14. The predicted octanol–water partition coefficient (Wildman–Crippen LogP) is 3.82. The maximum atomic E-state index is 3.48. The molecular formula is C17H19N. The molecule has 2 aromatic carbocycles. The van der Waals surface area contributed by atoms with E-state index < -0.39 is 0 Å². The Labute approximate surface area is 109 Å². The molecule has 0 bridgehead atoms. The molecule has 0 saturated carbocycles. The summed E-state index contributed by atoms with van der Waals surface area (Å²) in [5, 5.41) is 3.48. The van der Waals surface area contributed by atoms with Crippen LogP contribution < -0.4 is 5.32 Å². The molecule has 1 fully saturated rings. The van der Waals surface area contributed by atoms with Crippen LogP contribution in [0.25, 0.3) is 11.1 Å². The Morgan fingerprint density at radius 1 is 0.833 bits per heavy atom. The summed E-state index contributed by atoms with van der Waals surface area (Å²) in [7, 11) is 0. The van der Waals surface area contributed by atoms with Crippen molar-refractivity contribution in [1.82, 2.24) is 5.32 Å². The topological polar surface area (TPSA) is 12.0 Å².